The highest BCUT2D eigenvalue weighted by atomic mass is 19.3. The van der Waals surface area contributed by atoms with Crippen molar-refractivity contribution in [2.45, 2.75) is 25.1 Å². The number of rotatable bonds is 1. The molecule has 1 fully saturated rings. The van der Waals surface area contributed by atoms with E-state index in [0.717, 1.165) is 0 Å². The minimum atomic E-state index is -3.92. The lowest BCUT2D eigenvalue weighted by Crippen LogP contribution is -2.22. The molecule has 54 valence electrons. The van der Waals surface area contributed by atoms with Gasteiger partial charge in [0.25, 0.3) is 0 Å². The van der Waals surface area contributed by atoms with Crippen LogP contribution in [0.15, 0.2) is 0 Å². The van der Waals surface area contributed by atoms with Gasteiger partial charge in [0, 0.05) is 0 Å². The van der Waals surface area contributed by atoms with Crippen molar-refractivity contribution in [1.82, 2.24) is 0 Å². The summed E-state index contributed by atoms with van der Waals surface area (Å²) in [6, 6.07) is 0. The smallest absolute Gasteiger partial charge is 0.268 e. The number of epoxide rings is 1. The van der Waals surface area contributed by atoms with Gasteiger partial charge in [0.1, 0.15) is 0 Å². The van der Waals surface area contributed by atoms with E-state index >= 15 is 0 Å². The normalized spacial score (nSPS) is 42.3. The number of hydrogen-bond donors (Lipinski definition) is 0. The highest BCUT2D eigenvalue weighted by Crippen LogP contribution is 2.54. The summed E-state index contributed by atoms with van der Waals surface area (Å²) in [4.78, 5) is 0. The van der Waals surface area contributed by atoms with E-state index in [1.807, 2.05) is 0 Å². The fourth-order valence-corrected chi connectivity index (χ4v) is 0.474. The van der Waals surface area contributed by atoms with Gasteiger partial charge in [-0.1, -0.05) is 0 Å². The Hall–Kier alpha value is -0.320. The molecule has 0 saturated carbocycles. The second-order valence-corrected chi connectivity index (χ2v) is 1.88. The molecule has 5 heteroatoms. The first-order valence-corrected chi connectivity index (χ1v) is 2.31. The molecule has 2 unspecified atom stereocenters. The van der Waals surface area contributed by atoms with E-state index < -0.39 is 18.1 Å². The van der Waals surface area contributed by atoms with E-state index in [1.54, 1.807) is 0 Å². The van der Waals surface area contributed by atoms with Crippen LogP contribution in [0.4, 0.5) is 17.6 Å². The van der Waals surface area contributed by atoms with Crippen LogP contribution in [0.2, 0.25) is 0 Å². The zero-order valence-corrected chi connectivity index (χ0v) is 4.50. The zero-order chi connectivity index (χ0) is 7.28. The van der Waals surface area contributed by atoms with Gasteiger partial charge in [-0.15, -0.1) is 0 Å². The summed E-state index contributed by atoms with van der Waals surface area (Å²) in [6.07, 6.45) is -6.20. The van der Waals surface area contributed by atoms with Crippen LogP contribution in [-0.4, -0.2) is 18.1 Å². The number of halogens is 4. The third-order valence-electron chi connectivity index (χ3n) is 1.14. The molecule has 0 amide bonds. The van der Waals surface area contributed by atoms with Gasteiger partial charge in [0.05, 0.1) is 0 Å². The van der Waals surface area contributed by atoms with Gasteiger partial charge in [-0.2, -0.15) is 13.2 Å². The molecule has 1 aliphatic rings. The summed E-state index contributed by atoms with van der Waals surface area (Å²) in [5.74, 6) is -3.35. The molecule has 0 radical (unpaired) electrons. The summed E-state index contributed by atoms with van der Waals surface area (Å²) < 4.78 is 50.2. The Kier molecular flexibility index (Phi) is 1.05. The summed E-state index contributed by atoms with van der Waals surface area (Å²) in [6.45, 7) is 0.681. The van der Waals surface area contributed by atoms with Crippen LogP contribution >= 0.6 is 0 Å². The summed E-state index contributed by atoms with van der Waals surface area (Å²) >= 11 is 0. The zero-order valence-electron chi connectivity index (χ0n) is 4.50. The maximum absolute atomic E-state index is 12.1. The van der Waals surface area contributed by atoms with Gasteiger partial charge in [-0.3, -0.25) is 4.74 Å². The molecule has 0 aromatic carbocycles. The molecule has 1 aliphatic heterocycles. The number of hydrogen-bond acceptors (Lipinski definition) is 1. The summed E-state index contributed by atoms with van der Waals surface area (Å²) in [7, 11) is 0. The van der Waals surface area contributed by atoms with Crippen LogP contribution in [0.25, 0.3) is 0 Å². The molecule has 0 aromatic heterocycles. The summed E-state index contributed by atoms with van der Waals surface area (Å²) in [5, 5.41) is 0. The Bertz CT molecular complexity index is 135. The van der Waals surface area contributed by atoms with Gasteiger partial charge >= 0.3 is 12.0 Å². The molecule has 0 bridgehead atoms. The molecule has 2 atom stereocenters. The van der Waals surface area contributed by atoms with Gasteiger partial charge < -0.3 is 0 Å². The van der Waals surface area contributed by atoms with E-state index in [9.17, 15) is 17.6 Å². The molecule has 1 nitrogen and oxygen atoms in total. The third-order valence-corrected chi connectivity index (χ3v) is 1.14. The van der Waals surface area contributed by atoms with Gasteiger partial charge in [0.15, 0.2) is 6.17 Å². The minimum absolute atomic E-state index is 0.681. The lowest BCUT2D eigenvalue weighted by atomic mass is 10.3. The first-order chi connectivity index (χ1) is 3.90. The van der Waals surface area contributed by atoms with Gasteiger partial charge in [0.2, 0.25) is 0 Å². The van der Waals surface area contributed by atoms with Crippen molar-refractivity contribution < 1.29 is 22.3 Å². The van der Waals surface area contributed by atoms with Crippen molar-refractivity contribution >= 4 is 0 Å². The number of alkyl halides is 4. The van der Waals surface area contributed by atoms with Crippen LogP contribution in [0.3, 0.4) is 0 Å². The van der Waals surface area contributed by atoms with Crippen LogP contribution in [-0.2, 0) is 4.74 Å². The molecular weight excluding hydrogens is 140 g/mol. The molecule has 1 heterocycles. The van der Waals surface area contributed by atoms with Crippen LogP contribution in [0.5, 0.6) is 0 Å². The highest BCUT2D eigenvalue weighted by molar-refractivity contribution is 4.97. The predicted molar refractivity (Wildman–Crippen MR) is 20.4 cm³/mol. The van der Waals surface area contributed by atoms with Gasteiger partial charge in [-0.05, 0) is 6.92 Å². The van der Waals surface area contributed by atoms with E-state index in [0.29, 0.717) is 6.92 Å². The maximum Gasteiger partial charge on any atom is 0.420 e. The van der Waals surface area contributed by atoms with Crippen LogP contribution in [0, 0.1) is 0 Å². The first kappa shape index (κ1) is 6.80. The van der Waals surface area contributed by atoms with Crippen LogP contribution in [0.1, 0.15) is 6.92 Å². The monoisotopic (exact) mass is 144 g/mol. The van der Waals surface area contributed by atoms with E-state index in [4.69, 9.17) is 0 Å². The molecular formula is C4H4F4O. The molecule has 0 aliphatic carbocycles. The predicted octanol–water partition coefficient (Wildman–Crippen LogP) is 1.63. The first-order valence-electron chi connectivity index (χ1n) is 2.31. The Morgan fingerprint density at radius 1 is 1.33 bits per heavy atom. The second-order valence-electron chi connectivity index (χ2n) is 1.88. The van der Waals surface area contributed by atoms with Crippen molar-refractivity contribution in [3.63, 3.8) is 0 Å². The SMILES string of the molecule is CC(F)C1(F)OC1(F)F. The van der Waals surface area contributed by atoms with E-state index in [-0.39, 0.29) is 0 Å². The second kappa shape index (κ2) is 1.39. The average Bonchev–Trinajstić information content (AvgIpc) is 2.08. The molecule has 0 N–H and O–H groups in total. The third kappa shape index (κ3) is 0.710. The topological polar surface area (TPSA) is 12.5 Å². The largest absolute Gasteiger partial charge is 0.420 e. The van der Waals surface area contributed by atoms with Crippen LogP contribution < -0.4 is 0 Å². The lowest BCUT2D eigenvalue weighted by molar-refractivity contribution is -0.00624. The Morgan fingerprint density at radius 3 is 1.67 bits per heavy atom. The Labute approximate surface area is 48.6 Å². The molecule has 0 spiro atoms. The standard InChI is InChI=1S/C4H4F4O/c1-2(5)3(6)4(7,8)9-3/h2H,1H3. The Balaban J connectivity index is 2.63. The molecule has 9 heavy (non-hydrogen) atoms. The van der Waals surface area contributed by atoms with E-state index in [1.165, 1.54) is 0 Å². The fourth-order valence-electron chi connectivity index (χ4n) is 0.474. The molecule has 0 aromatic rings. The van der Waals surface area contributed by atoms with Gasteiger partial charge in [-0.25, -0.2) is 4.39 Å². The van der Waals surface area contributed by atoms with Crippen molar-refractivity contribution in [1.29, 1.82) is 0 Å². The maximum atomic E-state index is 12.1. The summed E-state index contributed by atoms with van der Waals surface area (Å²) in [5.41, 5.74) is 0. The minimum Gasteiger partial charge on any atom is -0.268 e. The van der Waals surface area contributed by atoms with Crippen molar-refractivity contribution in [2.24, 2.45) is 0 Å². The fraction of sp³-hybridized carbons (Fsp3) is 1.00. The molecule has 1 rings (SSSR count). The van der Waals surface area contributed by atoms with E-state index in [2.05, 4.69) is 4.74 Å². The molecule has 1 saturated heterocycles. The van der Waals surface area contributed by atoms with Crippen molar-refractivity contribution in [2.75, 3.05) is 0 Å². The average molecular weight is 144 g/mol. The van der Waals surface area contributed by atoms with Crippen molar-refractivity contribution in [3.05, 3.63) is 0 Å². The highest BCUT2D eigenvalue weighted by Gasteiger charge is 2.80. The lowest BCUT2D eigenvalue weighted by Gasteiger charge is -1.98. The van der Waals surface area contributed by atoms with Crippen molar-refractivity contribution in [3.8, 4) is 0 Å². The quantitative estimate of drug-likeness (QED) is 0.402. The Morgan fingerprint density at radius 2 is 1.67 bits per heavy atom. The number of ether oxygens (including phenoxy) is 1.